The SMILES string of the molecule is N#Cc1c(N)nc(-c2ccc(F)cc2)nc1-c1ccc([N+](=O)[O-])cc1. The summed E-state index contributed by atoms with van der Waals surface area (Å²) in [7, 11) is 0. The number of hydrogen-bond acceptors (Lipinski definition) is 6. The van der Waals surface area contributed by atoms with Gasteiger partial charge in [-0.25, -0.2) is 14.4 Å². The van der Waals surface area contributed by atoms with E-state index in [1.807, 2.05) is 6.07 Å². The van der Waals surface area contributed by atoms with Crippen LogP contribution in [-0.4, -0.2) is 14.9 Å². The zero-order valence-electron chi connectivity index (χ0n) is 12.7. The van der Waals surface area contributed by atoms with Crippen molar-refractivity contribution in [1.29, 1.82) is 5.26 Å². The fourth-order valence-electron chi connectivity index (χ4n) is 2.27. The molecule has 25 heavy (non-hydrogen) atoms. The van der Waals surface area contributed by atoms with Gasteiger partial charge in [0.2, 0.25) is 0 Å². The Balaban J connectivity index is 2.16. The summed E-state index contributed by atoms with van der Waals surface area (Å²) in [5, 5.41) is 20.1. The van der Waals surface area contributed by atoms with Crippen LogP contribution in [-0.2, 0) is 0 Å². The van der Waals surface area contributed by atoms with Crippen molar-refractivity contribution in [2.45, 2.75) is 0 Å². The van der Waals surface area contributed by atoms with Gasteiger partial charge >= 0.3 is 0 Å². The minimum atomic E-state index is -0.521. The quantitative estimate of drug-likeness (QED) is 0.579. The number of rotatable bonds is 3. The molecule has 2 aromatic carbocycles. The highest BCUT2D eigenvalue weighted by molar-refractivity contribution is 5.75. The first-order valence-corrected chi connectivity index (χ1v) is 7.08. The molecule has 0 aliphatic carbocycles. The molecule has 0 aliphatic heterocycles. The highest BCUT2D eigenvalue weighted by atomic mass is 19.1. The van der Waals surface area contributed by atoms with E-state index in [1.165, 1.54) is 48.5 Å². The van der Waals surface area contributed by atoms with E-state index in [-0.39, 0.29) is 28.6 Å². The summed E-state index contributed by atoms with van der Waals surface area (Å²) in [4.78, 5) is 18.7. The van der Waals surface area contributed by atoms with Crippen molar-refractivity contribution in [3.8, 4) is 28.7 Å². The van der Waals surface area contributed by atoms with Crippen molar-refractivity contribution in [1.82, 2.24) is 9.97 Å². The highest BCUT2D eigenvalue weighted by Gasteiger charge is 2.16. The molecule has 0 unspecified atom stereocenters. The molecule has 8 heteroatoms. The molecule has 3 rings (SSSR count). The highest BCUT2D eigenvalue weighted by Crippen LogP contribution is 2.29. The van der Waals surface area contributed by atoms with E-state index in [2.05, 4.69) is 9.97 Å². The molecule has 0 radical (unpaired) electrons. The molecule has 0 amide bonds. The van der Waals surface area contributed by atoms with Crippen LogP contribution in [0.2, 0.25) is 0 Å². The molecule has 0 atom stereocenters. The molecule has 1 heterocycles. The number of nitro benzene ring substituents is 1. The second kappa shape index (κ2) is 6.33. The summed E-state index contributed by atoms with van der Waals surface area (Å²) in [5.41, 5.74) is 7.12. The van der Waals surface area contributed by atoms with Crippen LogP contribution < -0.4 is 5.73 Å². The maximum atomic E-state index is 13.1. The fraction of sp³-hybridized carbons (Fsp3) is 0. The maximum Gasteiger partial charge on any atom is 0.269 e. The Morgan fingerprint density at radius 1 is 1.04 bits per heavy atom. The van der Waals surface area contributed by atoms with Crippen molar-refractivity contribution in [3.05, 3.63) is 70.0 Å². The first kappa shape index (κ1) is 16.0. The van der Waals surface area contributed by atoms with Gasteiger partial charge in [0.05, 0.1) is 10.6 Å². The lowest BCUT2D eigenvalue weighted by Crippen LogP contribution is -2.03. The third kappa shape index (κ3) is 3.11. The number of nitriles is 1. The van der Waals surface area contributed by atoms with Crippen molar-refractivity contribution >= 4 is 11.5 Å². The molecular weight excluding hydrogens is 325 g/mol. The predicted molar refractivity (Wildman–Crippen MR) is 88.6 cm³/mol. The molecule has 0 fully saturated rings. The molecule has 0 aliphatic rings. The molecular formula is C17H10FN5O2. The largest absolute Gasteiger partial charge is 0.382 e. The van der Waals surface area contributed by atoms with Gasteiger partial charge in [0, 0.05) is 23.3 Å². The topological polar surface area (TPSA) is 119 Å². The fourth-order valence-corrected chi connectivity index (χ4v) is 2.27. The Bertz CT molecular complexity index is 995. The van der Waals surface area contributed by atoms with Crippen LogP contribution >= 0.6 is 0 Å². The van der Waals surface area contributed by atoms with Crippen LogP contribution in [0.1, 0.15) is 5.56 Å². The van der Waals surface area contributed by atoms with Crippen molar-refractivity contribution in [2.24, 2.45) is 0 Å². The van der Waals surface area contributed by atoms with E-state index < -0.39 is 10.7 Å². The van der Waals surface area contributed by atoms with E-state index in [9.17, 15) is 19.8 Å². The second-order valence-electron chi connectivity index (χ2n) is 5.08. The predicted octanol–water partition coefficient (Wildman–Crippen LogP) is 3.31. The third-order valence-corrected chi connectivity index (χ3v) is 3.50. The standard InChI is InChI=1S/C17H10FN5O2/c18-12-5-1-11(2-6-12)17-21-15(14(9-19)16(20)22-17)10-3-7-13(8-4-10)23(24)25/h1-8H,(H2,20,21,22). The van der Waals surface area contributed by atoms with Gasteiger partial charge in [-0.15, -0.1) is 0 Å². The maximum absolute atomic E-state index is 13.1. The summed E-state index contributed by atoms with van der Waals surface area (Å²) in [5.74, 6) is -0.198. The van der Waals surface area contributed by atoms with E-state index in [1.54, 1.807) is 0 Å². The van der Waals surface area contributed by atoms with Crippen molar-refractivity contribution < 1.29 is 9.31 Å². The van der Waals surface area contributed by atoms with Crippen LogP contribution in [0.15, 0.2) is 48.5 Å². The number of nitro groups is 1. The third-order valence-electron chi connectivity index (χ3n) is 3.50. The monoisotopic (exact) mass is 335 g/mol. The lowest BCUT2D eigenvalue weighted by atomic mass is 10.1. The Kier molecular flexibility index (Phi) is 4.05. The molecule has 3 aromatic rings. The van der Waals surface area contributed by atoms with Crippen molar-refractivity contribution in [2.75, 3.05) is 5.73 Å². The van der Waals surface area contributed by atoms with Gasteiger partial charge in [0.25, 0.3) is 5.69 Å². The molecule has 122 valence electrons. The number of non-ortho nitro benzene ring substituents is 1. The number of anilines is 1. The number of benzene rings is 2. The lowest BCUT2D eigenvalue weighted by molar-refractivity contribution is -0.384. The number of aromatic nitrogens is 2. The van der Waals surface area contributed by atoms with Gasteiger partial charge in [0.15, 0.2) is 5.82 Å². The second-order valence-corrected chi connectivity index (χ2v) is 5.08. The van der Waals surface area contributed by atoms with Gasteiger partial charge in [0.1, 0.15) is 23.3 Å². The summed E-state index contributed by atoms with van der Waals surface area (Å²) >= 11 is 0. The number of nitrogens with zero attached hydrogens (tertiary/aromatic N) is 4. The van der Waals surface area contributed by atoms with Crippen LogP contribution in [0.5, 0.6) is 0 Å². The van der Waals surface area contributed by atoms with Crippen LogP contribution in [0.3, 0.4) is 0 Å². The van der Waals surface area contributed by atoms with Crippen molar-refractivity contribution in [3.63, 3.8) is 0 Å². The lowest BCUT2D eigenvalue weighted by Gasteiger charge is -2.09. The average Bonchev–Trinajstić information content (AvgIpc) is 2.61. The summed E-state index contributed by atoms with van der Waals surface area (Å²) < 4.78 is 13.1. The smallest absolute Gasteiger partial charge is 0.269 e. The number of halogens is 1. The first-order valence-electron chi connectivity index (χ1n) is 7.08. The molecule has 0 saturated heterocycles. The Morgan fingerprint density at radius 3 is 2.20 bits per heavy atom. The van der Waals surface area contributed by atoms with Gasteiger partial charge in [-0.3, -0.25) is 10.1 Å². The van der Waals surface area contributed by atoms with Crippen LogP contribution in [0.25, 0.3) is 22.6 Å². The summed E-state index contributed by atoms with van der Waals surface area (Å²) in [6.45, 7) is 0. The Morgan fingerprint density at radius 2 is 1.64 bits per heavy atom. The van der Waals surface area contributed by atoms with E-state index >= 15 is 0 Å². The first-order chi connectivity index (χ1) is 12.0. The molecule has 1 aromatic heterocycles. The molecule has 7 nitrogen and oxygen atoms in total. The van der Waals surface area contributed by atoms with Crippen LogP contribution in [0, 0.1) is 27.3 Å². The van der Waals surface area contributed by atoms with E-state index in [0.29, 0.717) is 11.1 Å². The molecule has 0 spiro atoms. The summed E-state index contributed by atoms with van der Waals surface area (Å²) in [6.07, 6.45) is 0. The average molecular weight is 335 g/mol. The van der Waals surface area contributed by atoms with Gasteiger partial charge < -0.3 is 5.73 Å². The normalized spacial score (nSPS) is 10.2. The minimum absolute atomic E-state index is 0.0230. The van der Waals surface area contributed by atoms with E-state index in [4.69, 9.17) is 5.73 Å². The number of nitrogens with two attached hydrogens (primary N) is 1. The zero-order chi connectivity index (χ0) is 18.0. The number of hydrogen-bond donors (Lipinski definition) is 1. The Hall–Kier alpha value is -3.86. The molecule has 2 N–H and O–H groups in total. The molecule has 0 saturated carbocycles. The van der Waals surface area contributed by atoms with Gasteiger partial charge in [-0.05, 0) is 36.4 Å². The number of nitrogen functional groups attached to an aromatic ring is 1. The Labute approximate surface area is 141 Å². The van der Waals surface area contributed by atoms with Gasteiger partial charge in [-0.2, -0.15) is 5.26 Å². The zero-order valence-corrected chi connectivity index (χ0v) is 12.7. The van der Waals surface area contributed by atoms with Gasteiger partial charge in [-0.1, -0.05) is 0 Å². The van der Waals surface area contributed by atoms with Crippen LogP contribution in [0.4, 0.5) is 15.9 Å². The molecule has 0 bridgehead atoms. The summed E-state index contributed by atoms with van der Waals surface area (Å²) in [6, 6.07) is 13.0. The van der Waals surface area contributed by atoms with E-state index in [0.717, 1.165) is 0 Å². The minimum Gasteiger partial charge on any atom is -0.382 e.